The number of carboxylic acids is 1. The first-order valence-corrected chi connectivity index (χ1v) is 5.85. The molecule has 0 radical (unpaired) electrons. The molecule has 1 N–H and O–H groups in total. The van der Waals surface area contributed by atoms with Gasteiger partial charge in [-0.1, -0.05) is 11.6 Å². The molecule has 4 heteroatoms. The lowest BCUT2D eigenvalue weighted by molar-refractivity contribution is -0.137. The average Bonchev–Trinajstić information content (AvgIpc) is 2.50. The zero-order chi connectivity index (χ0) is 12.6. The molecule has 0 aliphatic heterocycles. The van der Waals surface area contributed by atoms with Gasteiger partial charge in [0.25, 0.3) is 0 Å². The summed E-state index contributed by atoms with van der Waals surface area (Å²) in [5.41, 5.74) is 3.31. The zero-order valence-corrected chi connectivity index (χ0v) is 10.6. The van der Waals surface area contributed by atoms with E-state index in [-0.39, 0.29) is 6.42 Å². The number of hydrogen-bond donors (Lipinski definition) is 1. The lowest BCUT2D eigenvalue weighted by atomic mass is 10.2. The van der Waals surface area contributed by atoms with Crippen LogP contribution in [0.3, 0.4) is 0 Å². The van der Waals surface area contributed by atoms with Crippen LogP contribution in [0.4, 0.5) is 0 Å². The minimum atomic E-state index is -0.780. The highest BCUT2D eigenvalue weighted by molar-refractivity contribution is 6.31. The Morgan fingerprint density at radius 2 is 2.12 bits per heavy atom. The summed E-state index contributed by atoms with van der Waals surface area (Å²) in [6.07, 6.45) is 0.132. The predicted octanol–water partition coefficient (Wildman–Crippen LogP) is 3.39. The number of rotatable bonds is 3. The molecule has 2 rings (SSSR count). The second-order valence-electron chi connectivity index (χ2n) is 4.17. The topological polar surface area (TPSA) is 42.2 Å². The molecule has 2 aromatic rings. The molecule has 1 aromatic heterocycles. The molecule has 0 bridgehead atoms. The Kier molecular flexibility index (Phi) is 3.11. The number of benzene rings is 1. The van der Waals surface area contributed by atoms with Gasteiger partial charge in [-0.05, 0) is 37.6 Å². The lowest BCUT2D eigenvalue weighted by Crippen LogP contribution is -2.05. The van der Waals surface area contributed by atoms with E-state index < -0.39 is 5.97 Å². The first-order chi connectivity index (χ1) is 8.00. The van der Waals surface area contributed by atoms with E-state index in [9.17, 15) is 4.79 Å². The highest BCUT2D eigenvalue weighted by atomic mass is 35.5. The van der Waals surface area contributed by atoms with Crippen molar-refractivity contribution in [1.29, 1.82) is 0 Å². The smallest absolute Gasteiger partial charge is 0.305 e. The average molecular weight is 252 g/mol. The molecule has 1 aromatic carbocycles. The Balaban J connectivity index is 2.54. The van der Waals surface area contributed by atoms with Crippen molar-refractivity contribution in [2.75, 3.05) is 0 Å². The van der Waals surface area contributed by atoms with Crippen molar-refractivity contribution in [3.63, 3.8) is 0 Å². The number of aromatic nitrogens is 1. The van der Waals surface area contributed by atoms with Crippen molar-refractivity contribution < 1.29 is 9.90 Å². The first kappa shape index (κ1) is 12.0. The van der Waals surface area contributed by atoms with Crippen LogP contribution < -0.4 is 0 Å². The summed E-state index contributed by atoms with van der Waals surface area (Å²) in [6, 6.07) is 5.70. The van der Waals surface area contributed by atoms with Gasteiger partial charge < -0.3 is 9.67 Å². The number of carboxylic acid groups (broad SMARTS) is 1. The van der Waals surface area contributed by atoms with Gasteiger partial charge in [-0.25, -0.2) is 0 Å². The van der Waals surface area contributed by atoms with Gasteiger partial charge in [-0.15, -0.1) is 0 Å². The number of halogens is 1. The fraction of sp³-hybridized carbons (Fsp3) is 0.308. The molecule has 1 heterocycles. The number of aliphatic carboxylic acids is 1. The van der Waals surface area contributed by atoms with Crippen molar-refractivity contribution >= 4 is 28.5 Å². The summed E-state index contributed by atoms with van der Waals surface area (Å²) in [7, 11) is 0. The molecule has 3 nitrogen and oxygen atoms in total. The number of fused-ring (bicyclic) bond motifs is 1. The van der Waals surface area contributed by atoms with Crippen LogP contribution in [0.25, 0.3) is 10.9 Å². The predicted molar refractivity (Wildman–Crippen MR) is 68.7 cm³/mol. The number of carbonyl (C=O) groups is 1. The summed E-state index contributed by atoms with van der Waals surface area (Å²) >= 11 is 5.98. The van der Waals surface area contributed by atoms with E-state index in [1.54, 1.807) is 0 Å². The summed E-state index contributed by atoms with van der Waals surface area (Å²) in [5.74, 6) is -0.780. The van der Waals surface area contributed by atoms with Gasteiger partial charge in [-0.2, -0.15) is 0 Å². The monoisotopic (exact) mass is 251 g/mol. The van der Waals surface area contributed by atoms with Crippen LogP contribution in [0.15, 0.2) is 18.2 Å². The molecule has 90 valence electrons. The van der Waals surface area contributed by atoms with E-state index in [1.165, 1.54) is 0 Å². The fourth-order valence-corrected chi connectivity index (χ4v) is 2.29. The molecular formula is C13H14ClNO2. The molecule has 0 spiro atoms. The molecular weight excluding hydrogens is 238 g/mol. The van der Waals surface area contributed by atoms with Gasteiger partial charge in [-0.3, -0.25) is 4.79 Å². The Morgan fingerprint density at radius 1 is 1.41 bits per heavy atom. The molecule has 0 atom stereocenters. The number of hydrogen-bond acceptors (Lipinski definition) is 1. The van der Waals surface area contributed by atoms with Gasteiger partial charge in [0.2, 0.25) is 0 Å². The maximum atomic E-state index is 10.6. The maximum absolute atomic E-state index is 10.6. The normalized spacial score (nSPS) is 11.0. The third-order valence-corrected chi connectivity index (χ3v) is 3.39. The van der Waals surface area contributed by atoms with E-state index in [2.05, 4.69) is 0 Å². The maximum Gasteiger partial charge on any atom is 0.305 e. The summed E-state index contributed by atoms with van der Waals surface area (Å²) < 4.78 is 2.04. The minimum absolute atomic E-state index is 0.132. The third kappa shape index (κ3) is 2.15. The SMILES string of the molecule is Cc1c(C)n(CCC(=O)O)c2ccc(Cl)cc12. The van der Waals surface area contributed by atoms with E-state index in [0.29, 0.717) is 11.6 Å². The molecule has 0 saturated heterocycles. The third-order valence-electron chi connectivity index (χ3n) is 3.15. The Labute approximate surface area is 105 Å². The largest absolute Gasteiger partial charge is 0.481 e. The van der Waals surface area contributed by atoms with E-state index >= 15 is 0 Å². The summed E-state index contributed by atoms with van der Waals surface area (Å²) in [4.78, 5) is 10.6. The van der Waals surface area contributed by atoms with Crippen molar-refractivity contribution in [3.05, 3.63) is 34.5 Å². The Bertz CT molecular complexity index is 587. The zero-order valence-electron chi connectivity index (χ0n) is 9.83. The highest BCUT2D eigenvalue weighted by Crippen LogP contribution is 2.27. The van der Waals surface area contributed by atoms with Crippen LogP contribution in [-0.2, 0) is 11.3 Å². The van der Waals surface area contributed by atoms with Crippen molar-refractivity contribution in [1.82, 2.24) is 4.57 Å². The van der Waals surface area contributed by atoms with E-state index in [1.807, 2.05) is 36.6 Å². The molecule has 0 saturated carbocycles. The molecule has 0 amide bonds. The quantitative estimate of drug-likeness (QED) is 0.909. The fourth-order valence-electron chi connectivity index (χ4n) is 2.12. The summed E-state index contributed by atoms with van der Waals surface area (Å²) in [5, 5.41) is 10.6. The van der Waals surface area contributed by atoms with Gasteiger partial charge in [0.15, 0.2) is 0 Å². The van der Waals surface area contributed by atoms with Crippen LogP contribution in [0, 0.1) is 13.8 Å². The number of nitrogens with zero attached hydrogens (tertiary/aromatic N) is 1. The van der Waals surface area contributed by atoms with Gasteiger partial charge in [0.05, 0.1) is 6.42 Å². The molecule has 0 aliphatic carbocycles. The van der Waals surface area contributed by atoms with Gasteiger partial charge in [0.1, 0.15) is 0 Å². The first-order valence-electron chi connectivity index (χ1n) is 5.47. The second kappa shape index (κ2) is 4.41. The van der Waals surface area contributed by atoms with Crippen molar-refractivity contribution in [2.45, 2.75) is 26.8 Å². The standard InChI is InChI=1S/C13H14ClNO2/c1-8-9(2)15(6-5-13(16)17)12-4-3-10(14)7-11(8)12/h3-4,7H,5-6H2,1-2H3,(H,16,17). The number of aryl methyl sites for hydroxylation is 2. The van der Waals surface area contributed by atoms with Crippen LogP contribution in [0.2, 0.25) is 5.02 Å². The Hall–Kier alpha value is -1.48. The van der Waals surface area contributed by atoms with Gasteiger partial charge >= 0.3 is 5.97 Å². The lowest BCUT2D eigenvalue weighted by Gasteiger charge is -2.06. The second-order valence-corrected chi connectivity index (χ2v) is 4.60. The van der Waals surface area contributed by atoms with E-state index in [0.717, 1.165) is 22.2 Å². The molecule has 17 heavy (non-hydrogen) atoms. The van der Waals surface area contributed by atoms with Crippen LogP contribution in [-0.4, -0.2) is 15.6 Å². The molecule has 0 unspecified atom stereocenters. The van der Waals surface area contributed by atoms with Crippen molar-refractivity contribution in [3.8, 4) is 0 Å². The summed E-state index contributed by atoms with van der Waals surface area (Å²) in [6.45, 7) is 4.53. The molecule has 0 fully saturated rings. The van der Waals surface area contributed by atoms with Crippen LogP contribution in [0.5, 0.6) is 0 Å². The van der Waals surface area contributed by atoms with Crippen molar-refractivity contribution in [2.24, 2.45) is 0 Å². The van der Waals surface area contributed by atoms with Crippen LogP contribution in [0.1, 0.15) is 17.7 Å². The van der Waals surface area contributed by atoms with E-state index in [4.69, 9.17) is 16.7 Å². The highest BCUT2D eigenvalue weighted by Gasteiger charge is 2.11. The van der Waals surface area contributed by atoms with Gasteiger partial charge in [0, 0.05) is 28.2 Å². The Morgan fingerprint density at radius 3 is 2.76 bits per heavy atom. The van der Waals surface area contributed by atoms with Crippen LogP contribution >= 0.6 is 11.6 Å². The minimum Gasteiger partial charge on any atom is -0.481 e. The molecule has 0 aliphatic rings.